The summed E-state index contributed by atoms with van der Waals surface area (Å²) in [6.07, 6.45) is 1.45. The topological polar surface area (TPSA) is 82.4 Å². The highest BCUT2D eigenvalue weighted by Gasteiger charge is 2.12. The van der Waals surface area contributed by atoms with Crippen LogP contribution < -0.4 is 15.8 Å². The van der Waals surface area contributed by atoms with Crippen molar-refractivity contribution in [3.05, 3.63) is 64.2 Å². The van der Waals surface area contributed by atoms with Crippen LogP contribution in [-0.4, -0.2) is 35.1 Å². The summed E-state index contributed by atoms with van der Waals surface area (Å²) in [5.74, 6) is 0.493. The largest absolute Gasteiger partial charge is 0.492 e. The number of nitrogens with one attached hydrogen (secondary N) is 1. The van der Waals surface area contributed by atoms with Gasteiger partial charge in [-0.15, -0.1) is 11.6 Å². The summed E-state index contributed by atoms with van der Waals surface area (Å²) in [6, 6.07) is 10.1. The smallest absolute Gasteiger partial charge is 0.274 e. The maximum atomic E-state index is 13.0. The number of aromatic nitrogens is 2. The predicted octanol–water partition coefficient (Wildman–Crippen LogP) is 2.60. The zero-order chi connectivity index (χ0) is 19.4. The van der Waals surface area contributed by atoms with Crippen molar-refractivity contribution >= 4 is 28.4 Å². The fourth-order valence-corrected chi connectivity index (χ4v) is 2.76. The van der Waals surface area contributed by atoms with E-state index in [9.17, 15) is 9.59 Å². The number of ether oxygens (including phenoxy) is 1. The van der Waals surface area contributed by atoms with Crippen molar-refractivity contribution in [3.63, 3.8) is 0 Å². The summed E-state index contributed by atoms with van der Waals surface area (Å²) in [6.45, 7) is 2.20. The molecule has 8 heteroatoms. The van der Waals surface area contributed by atoms with Crippen LogP contribution in [0.2, 0.25) is 0 Å². The average Bonchev–Trinajstić information content (AvgIpc) is 2.68. The first-order valence-electron chi connectivity index (χ1n) is 8.19. The molecular weight excluding hydrogens is 370 g/mol. The normalized spacial score (nSPS) is 10.8. The Kier molecular flexibility index (Phi) is 5.73. The number of nitrogens with zero attached hydrogens (tertiary/aromatic N) is 2. The summed E-state index contributed by atoms with van der Waals surface area (Å²) in [5, 5.41) is 0.413. The molecule has 2 aromatic carbocycles. The lowest BCUT2D eigenvalue weighted by atomic mass is 10.1. The van der Waals surface area contributed by atoms with Crippen molar-refractivity contribution in [1.82, 2.24) is 15.0 Å². The molecule has 7 nitrogen and oxygen atoms in total. The Morgan fingerprint density at radius 2 is 2.07 bits per heavy atom. The molecule has 0 bridgehead atoms. The third-order valence-corrected chi connectivity index (χ3v) is 4.16. The van der Waals surface area contributed by atoms with E-state index in [1.165, 1.54) is 18.0 Å². The van der Waals surface area contributed by atoms with Gasteiger partial charge in [0.15, 0.2) is 0 Å². The van der Waals surface area contributed by atoms with Crippen LogP contribution in [0, 0.1) is 6.92 Å². The molecule has 0 fully saturated rings. The van der Waals surface area contributed by atoms with Gasteiger partial charge in [0.05, 0.1) is 29.6 Å². The highest BCUT2D eigenvalue weighted by molar-refractivity contribution is 6.18. The average molecular weight is 388 g/mol. The van der Waals surface area contributed by atoms with Crippen molar-refractivity contribution in [2.24, 2.45) is 0 Å². The quantitative estimate of drug-likeness (QED) is 0.519. The number of benzene rings is 2. The molecule has 3 aromatic rings. The van der Waals surface area contributed by atoms with Gasteiger partial charge in [-0.05, 0) is 42.8 Å². The Bertz CT molecular complexity index is 1050. The minimum Gasteiger partial charge on any atom is -0.492 e. The second-order valence-electron chi connectivity index (χ2n) is 5.77. The number of alkyl halides is 1. The minimum atomic E-state index is -0.405. The van der Waals surface area contributed by atoms with E-state index < -0.39 is 5.91 Å². The second kappa shape index (κ2) is 8.20. The predicted molar refractivity (Wildman–Crippen MR) is 103 cm³/mol. The van der Waals surface area contributed by atoms with Gasteiger partial charge < -0.3 is 4.74 Å². The molecule has 1 amide bonds. The Hall–Kier alpha value is -2.90. The highest BCUT2D eigenvalue weighted by atomic mass is 35.5. The molecule has 0 aliphatic carbocycles. The summed E-state index contributed by atoms with van der Waals surface area (Å²) in [5.41, 5.74) is 4.30. The van der Waals surface area contributed by atoms with E-state index in [-0.39, 0.29) is 5.56 Å². The van der Waals surface area contributed by atoms with E-state index in [1.807, 2.05) is 6.92 Å². The van der Waals surface area contributed by atoms with Gasteiger partial charge in [0, 0.05) is 5.56 Å². The molecule has 0 spiro atoms. The van der Waals surface area contributed by atoms with Crippen LogP contribution in [0.15, 0.2) is 47.5 Å². The third kappa shape index (κ3) is 3.94. The Morgan fingerprint density at radius 3 is 2.81 bits per heavy atom. The monoisotopic (exact) mass is 387 g/mol. The molecular formula is C19H18ClN3O4. The Morgan fingerprint density at radius 1 is 1.26 bits per heavy atom. The van der Waals surface area contributed by atoms with Crippen LogP contribution in [0.4, 0.5) is 0 Å². The van der Waals surface area contributed by atoms with Crippen molar-refractivity contribution in [2.45, 2.75) is 6.92 Å². The molecule has 0 saturated carbocycles. The van der Waals surface area contributed by atoms with Gasteiger partial charge in [-0.25, -0.2) is 10.5 Å². The molecule has 0 aliphatic heterocycles. The zero-order valence-electron chi connectivity index (χ0n) is 14.9. The molecule has 1 N–H and O–H groups in total. The van der Waals surface area contributed by atoms with Crippen LogP contribution in [0.25, 0.3) is 16.6 Å². The number of hydrogen-bond donors (Lipinski definition) is 1. The van der Waals surface area contributed by atoms with E-state index in [0.29, 0.717) is 40.4 Å². The molecule has 0 aliphatic rings. The van der Waals surface area contributed by atoms with Gasteiger partial charge in [-0.3, -0.25) is 19.0 Å². The number of carbonyl (C=O) groups excluding carboxylic acids is 1. The number of amides is 1. The van der Waals surface area contributed by atoms with E-state index in [1.54, 1.807) is 36.4 Å². The van der Waals surface area contributed by atoms with Gasteiger partial charge in [0.1, 0.15) is 18.7 Å². The van der Waals surface area contributed by atoms with Crippen LogP contribution >= 0.6 is 11.6 Å². The molecule has 140 valence electrons. The van der Waals surface area contributed by atoms with E-state index in [0.717, 1.165) is 5.56 Å². The summed E-state index contributed by atoms with van der Waals surface area (Å²) in [7, 11) is 1.36. The minimum absolute atomic E-state index is 0.260. The maximum absolute atomic E-state index is 13.0. The van der Waals surface area contributed by atoms with Gasteiger partial charge in [0.2, 0.25) is 0 Å². The number of hydrogen-bond acceptors (Lipinski definition) is 5. The first kappa shape index (κ1) is 18.9. The zero-order valence-corrected chi connectivity index (χ0v) is 15.6. The lowest BCUT2D eigenvalue weighted by Crippen LogP contribution is -2.23. The van der Waals surface area contributed by atoms with Gasteiger partial charge >= 0.3 is 0 Å². The lowest BCUT2D eigenvalue weighted by molar-refractivity contribution is 0.0537. The number of fused-ring (bicyclic) bond motifs is 1. The van der Waals surface area contributed by atoms with Crippen molar-refractivity contribution in [2.75, 3.05) is 19.6 Å². The fourth-order valence-electron chi connectivity index (χ4n) is 2.68. The van der Waals surface area contributed by atoms with Crippen molar-refractivity contribution < 1.29 is 14.4 Å². The van der Waals surface area contributed by atoms with Gasteiger partial charge in [-0.2, -0.15) is 0 Å². The molecule has 1 heterocycles. The number of aryl methyl sites for hydroxylation is 1. The summed E-state index contributed by atoms with van der Waals surface area (Å²) in [4.78, 5) is 34.1. The summed E-state index contributed by atoms with van der Waals surface area (Å²) < 4.78 is 6.90. The number of rotatable bonds is 6. The molecule has 27 heavy (non-hydrogen) atoms. The second-order valence-corrected chi connectivity index (χ2v) is 6.15. The first-order valence-corrected chi connectivity index (χ1v) is 8.73. The SMILES string of the molecule is CONC(=O)c1ccc(C)c(-n2cnc3ccc(OCCCl)cc3c2=O)c1. The standard InChI is InChI=1S/C19H18ClN3O4/c1-12-3-4-13(18(24)22-26-2)9-17(12)23-11-21-16-6-5-14(27-8-7-20)10-15(16)19(23)25/h3-6,9-11H,7-8H2,1-2H3,(H,22,24). The lowest BCUT2D eigenvalue weighted by Gasteiger charge is -2.12. The molecule has 0 saturated heterocycles. The third-order valence-electron chi connectivity index (χ3n) is 4.00. The molecule has 1 aromatic heterocycles. The van der Waals surface area contributed by atoms with Crippen molar-refractivity contribution in [3.8, 4) is 11.4 Å². The summed E-state index contributed by atoms with van der Waals surface area (Å²) >= 11 is 5.64. The first-order chi connectivity index (χ1) is 13.0. The molecule has 0 radical (unpaired) electrons. The van der Waals surface area contributed by atoms with E-state index in [4.69, 9.17) is 16.3 Å². The highest BCUT2D eigenvalue weighted by Crippen LogP contribution is 2.19. The van der Waals surface area contributed by atoms with Gasteiger partial charge in [0.25, 0.3) is 11.5 Å². The van der Waals surface area contributed by atoms with Crippen LogP contribution in [0.3, 0.4) is 0 Å². The van der Waals surface area contributed by atoms with E-state index >= 15 is 0 Å². The van der Waals surface area contributed by atoms with Gasteiger partial charge in [-0.1, -0.05) is 6.07 Å². The molecule has 3 rings (SSSR count). The van der Waals surface area contributed by atoms with Crippen LogP contribution in [-0.2, 0) is 4.84 Å². The molecule has 0 unspecified atom stereocenters. The number of carbonyl (C=O) groups is 1. The Labute approximate surface area is 160 Å². The fraction of sp³-hybridized carbons (Fsp3) is 0.211. The van der Waals surface area contributed by atoms with E-state index in [2.05, 4.69) is 15.3 Å². The number of hydroxylamine groups is 1. The number of halogens is 1. The Balaban J connectivity index is 2.11. The maximum Gasteiger partial charge on any atom is 0.274 e. The van der Waals surface area contributed by atoms with Crippen LogP contribution in [0.5, 0.6) is 5.75 Å². The van der Waals surface area contributed by atoms with Crippen LogP contribution in [0.1, 0.15) is 15.9 Å². The van der Waals surface area contributed by atoms with Crippen molar-refractivity contribution in [1.29, 1.82) is 0 Å². The molecule has 0 atom stereocenters.